The molecule has 0 saturated carbocycles. The SMILES string of the molecule is CCC(CC)O[C]=O. The van der Waals surface area contributed by atoms with E-state index in [4.69, 9.17) is 0 Å². The molecule has 0 spiro atoms. The average molecular weight is 115 g/mol. The van der Waals surface area contributed by atoms with Crippen LogP contribution in [0.15, 0.2) is 0 Å². The molecular formula is C6H11O2. The number of hydrogen-bond acceptors (Lipinski definition) is 2. The lowest BCUT2D eigenvalue weighted by Gasteiger charge is -2.06. The third kappa shape index (κ3) is 2.61. The molecule has 0 rings (SSSR count). The van der Waals surface area contributed by atoms with E-state index in [0.29, 0.717) is 0 Å². The van der Waals surface area contributed by atoms with E-state index in [9.17, 15) is 4.79 Å². The third-order valence-electron chi connectivity index (χ3n) is 1.13. The monoisotopic (exact) mass is 115 g/mol. The number of ether oxygens (including phenoxy) is 1. The first-order chi connectivity index (χ1) is 3.85. The summed E-state index contributed by atoms with van der Waals surface area (Å²) in [6, 6.07) is 0. The molecule has 8 heavy (non-hydrogen) atoms. The van der Waals surface area contributed by atoms with Crippen LogP contribution in [-0.4, -0.2) is 12.6 Å². The lowest BCUT2D eigenvalue weighted by Crippen LogP contribution is -2.07. The predicted molar refractivity (Wildman–Crippen MR) is 31.1 cm³/mol. The van der Waals surface area contributed by atoms with Crippen LogP contribution in [0.25, 0.3) is 0 Å². The van der Waals surface area contributed by atoms with Crippen molar-refractivity contribution < 1.29 is 9.53 Å². The molecule has 0 aliphatic heterocycles. The second-order valence-electron chi connectivity index (χ2n) is 1.64. The average Bonchev–Trinajstić information content (AvgIpc) is 1.83. The highest BCUT2D eigenvalue weighted by atomic mass is 16.5. The van der Waals surface area contributed by atoms with Crippen molar-refractivity contribution in [1.29, 1.82) is 0 Å². The van der Waals surface area contributed by atoms with Gasteiger partial charge in [-0.3, -0.25) is 0 Å². The van der Waals surface area contributed by atoms with E-state index in [2.05, 4.69) is 4.74 Å². The molecule has 0 bridgehead atoms. The summed E-state index contributed by atoms with van der Waals surface area (Å²) in [6.45, 7) is 5.38. The molecule has 0 aromatic carbocycles. The van der Waals surface area contributed by atoms with Crippen LogP contribution >= 0.6 is 0 Å². The Morgan fingerprint density at radius 1 is 1.50 bits per heavy atom. The number of rotatable bonds is 4. The quantitative estimate of drug-likeness (QED) is 0.551. The van der Waals surface area contributed by atoms with Crippen LogP contribution in [0.4, 0.5) is 0 Å². The van der Waals surface area contributed by atoms with Crippen LogP contribution < -0.4 is 0 Å². The molecule has 0 aromatic heterocycles. The van der Waals surface area contributed by atoms with Gasteiger partial charge >= 0.3 is 6.47 Å². The van der Waals surface area contributed by atoms with Gasteiger partial charge < -0.3 is 4.74 Å². The standard InChI is InChI=1S/C6H11O2/c1-3-6(4-2)8-5-7/h6H,3-4H2,1-2H3. The molecule has 0 saturated heterocycles. The van der Waals surface area contributed by atoms with Crippen molar-refractivity contribution >= 4 is 6.47 Å². The van der Waals surface area contributed by atoms with Crippen LogP contribution in [0.3, 0.4) is 0 Å². The van der Waals surface area contributed by atoms with Crippen molar-refractivity contribution in [3.63, 3.8) is 0 Å². The minimum Gasteiger partial charge on any atom is -0.454 e. The Bertz CT molecular complexity index is 57.5. The van der Waals surface area contributed by atoms with Crippen LogP contribution in [0.1, 0.15) is 26.7 Å². The first-order valence-corrected chi connectivity index (χ1v) is 2.87. The zero-order valence-electron chi connectivity index (χ0n) is 5.31. The molecule has 2 heteroatoms. The summed E-state index contributed by atoms with van der Waals surface area (Å²) in [5, 5.41) is 0. The molecule has 0 aliphatic carbocycles. The Morgan fingerprint density at radius 2 is 2.00 bits per heavy atom. The van der Waals surface area contributed by atoms with Gasteiger partial charge in [-0.25, -0.2) is 4.79 Å². The minimum atomic E-state index is 0.0764. The first kappa shape index (κ1) is 7.47. The Balaban J connectivity index is 3.20. The zero-order valence-corrected chi connectivity index (χ0v) is 5.31. The molecule has 0 fully saturated rings. The van der Waals surface area contributed by atoms with Gasteiger partial charge in [0.1, 0.15) is 6.10 Å². The van der Waals surface area contributed by atoms with Gasteiger partial charge in [0.15, 0.2) is 0 Å². The molecule has 0 amide bonds. The Kier molecular flexibility index (Phi) is 4.32. The van der Waals surface area contributed by atoms with E-state index in [1.165, 1.54) is 6.47 Å². The fraction of sp³-hybridized carbons (Fsp3) is 0.833. The lowest BCUT2D eigenvalue weighted by molar-refractivity contribution is 0.168. The molecule has 0 N–H and O–H groups in total. The summed E-state index contributed by atoms with van der Waals surface area (Å²) in [7, 11) is 0. The van der Waals surface area contributed by atoms with Crippen molar-refractivity contribution in [1.82, 2.24) is 0 Å². The molecule has 0 aliphatic rings. The van der Waals surface area contributed by atoms with Gasteiger partial charge in [0.05, 0.1) is 0 Å². The fourth-order valence-corrected chi connectivity index (χ4v) is 0.523. The largest absolute Gasteiger partial charge is 0.454 e. The maximum atomic E-state index is 9.59. The molecule has 0 heterocycles. The Morgan fingerprint density at radius 3 is 2.12 bits per heavy atom. The van der Waals surface area contributed by atoms with Crippen molar-refractivity contribution in [2.45, 2.75) is 32.8 Å². The maximum Gasteiger partial charge on any atom is 0.417 e. The molecule has 1 radical (unpaired) electrons. The van der Waals surface area contributed by atoms with Crippen LogP contribution in [0, 0.1) is 0 Å². The topological polar surface area (TPSA) is 26.3 Å². The van der Waals surface area contributed by atoms with E-state index in [1.54, 1.807) is 0 Å². The van der Waals surface area contributed by atoms with E-state index >= 15 is 0 Å². The van der Waals surface area contributed by atoms with Crippen LogP contribution in [0.2, 0.25) is 0 Å². The smallest absolute Gasteiger partial charge is 0.417 e. The summed E-state index contributed by atoms with van der Waals surface area (Å²) in [5.41, 5.74) is 0. The molecule has 0 unspecified atom stereocenters. The molecule has 0 aromatic rings. The molecular weight excluding hydrogens is 104 g/mol. The van der Waals surface area contributed by atoms with Crippen molar-refractivity contribution in [3.8, 4) is 0 Å². The number of carbonyl (C=O) groups excluding carboxylic acids is 1. The molecule has 0 atom stereocenters. The van der Waals surface area contributed by atoms with Crippen LogP contribution in [-0.2, 0) is 9.53 Å². The lowest BCUT2D eigenvalue weighted by atomic mass is 10.2. The van der Waals surface area contributed by atoms with Gasteiger partial charge in [-0.15, -0.1) is 0 Å². The first-order valence-electron chi connectivity index (χ1n) is 2.87. The normalized spacial score (nSPS) is 9.38. The van der Waals surface area contributed by atoms with Crippen molar-refractivity contribution in [2.24, 2.45) is 0 Å². The highest BCUT2D eigenvalue weighted by Gasteiger charge is 2.00. The Labute approximate surface area is 49.8 Å². The van der Waals surface area contributed by atoms with E-state index in [0.717, 1.165) is 12.8 Å². The van der Waals surface area contributed by atoms with Gasteiger partial charge in [-0.05, 0) is 12.8 Å². The van der Waals surface area contributed by atoms with Crippen LogP contribution in [0.5, 0.6) is 0 Å². The van der Waals surface area contributed by atoms with Gasteiger partial charge in [0.2, 0.25) is 0 Å². The second kappa shape index (κ2) is 4.62. The molecule has 47 valence electrons. The minimum absolute atomic E-state index is 0.0764. The predicted octanol–water partition coefficient (Wildman–Crippen LogP) is 1.26. The van der Waals surface area contributed by atoms with Gasteiger partial charge in [-0.1, -0.05) is 13.8 Å². The van der Waals surface area contributed by atoms with Gasteiger partial charge in [0.25, 0.3) is 0 Å². The maximum absolute atomic E-state index is 9.59. The van der Waals surface area contributed by atoms with Crippen molar-refractivity contribution in [3.05, 3.63) is 0 Å². The second-order valence-corrected chi connectivity index (χ2v) is 1.64. The highest BCUT2D eigenvalue weighted by molar-refractivity contribution is 5.38. The summed E-state index contributed by atoms with van der Waals surface area (Å²) in [6.07, 6.45) is 1.84. The van der Waals surface area contributed by atoms with Gasteiger partial charge in [-0.2, -0.15) is 0 Å². The summed E-state index contributed by atoms with van der Waals surface area (Å²) >= 11 is 0. The molecule has 2 nitrogen and oxygen atoms in total. The zero-order chi connectivity index (χ0) is 6.41. The Hall–Kier alpha value is -0.530. The van der Waals surface area contributed by atoms with E-state index < -0.39 is 0 Å². The van der Waals surface area contributed by atoms with Gasteiger partial charge in [0, 0.05) is 0 Å². The number of hydrogen-bond donors (Lipinski definition) is 0. The third-order valence-corrected chi connectivity index (χ3v) is 1.13. The fourth-order valence-electron chi connectivity index (χ4n) is 0.523. The van der Waals surface area contributed by atoms with E-state index in [1.807, 2.05) is 13.8 Å². The summed E-state index contributed by atoms with van der Waals surface area (Å²) < 4.78 is 4.53. The summed E-state index contributed by atoms with van der Waals surface area (Å²) in [4.78, 5) is 9.59. The van der Waals surface area contributed by atoms with E-state index in [-0.39, 0.29) is 6.10 Å². The van der Waals surface area contributed by atoms with Crippen molar-refractivity contribution in [2.75, 3.05) is 0 Å². The highest BCUT2D eigenvalue weighted by Crippen LogP contribution is 1.99. The summed E-state index contributed by atoms with van der Waals surface area (Å²) in [5.74, 6) is 0.